The fraction of sp³-hybridized carbons (Fsp3) is 0.0667. The third-order valence-electron chi connectivity index (χ3n) is 2.86. The number of carbonyl (C=O) groups is 1. The van der Waals surface area contributed by atoms with Crippen LogP contribution < -0.4 is 5.32 Å². The number of rotatable bonds is 4. The summed E-state index contributed by atoms with van der Waals surface area (Å²) in [6.07, 6.45) is 0. The number of nitrogens with one attached hydrogen (secondary N) is 1. The zero-order valence-corrected chi connectivity index (χ0v) is 12.3. The van der Waals surface area contributed by atoms with Gasteiger partial charge < -0.3 is 10.4 Å². The summed E-state index contributed by atoms with van der Waals surface area (Å²) in [4.78, 5) is 10.9. The maximum atomic E-state index is 13.7. The van der Waals surface area contributed by atoms with Gasteiger partial charge >= 0.3 is 5.97 Å². The van der Waals surface area contributed by atoms with Gasteiger partial charge in [-0.1, -0.05) is 15.9 Å². The van der Waals surface area contributed by atoms with Crippen molar-refractivity contribution in [2.24, 2.45) is 0 Å². The van der Waals surface area contributed by atoms with Crippen molar-refractivity contribution in [3.05, 3.63) is 63.4 Å². The zero-order valence-electron chi connectivity index (χ0n) is 10.7. The van der Waals surface area contributed by atoms with Crippen LogP contribution in [0.15, 0.2) is 40.9 Å². The van der Waals surface area contributed by atoms with E-state index in [0.717, 1.165) is 10.5 Å². The number of carboxylic acids is 1. The van der Waals surface area contributed by atoms with Crippen LogP contribution in [0.25, 0.3) is 0 Å². The van der Waals surface area contributed by atoms with Crippen molar-refractivity contribution in [3.63, 3.8) is 0 Å². The summed E-state index contributed by atoms with van der Waals surface area (Å²) < 4.78 is 14.4. The Morgan fingerprint density at radius 2 is 2.10 bits per heavy atom. The van der Waals surface area contributed by atoms with Gasteiger partial charge in [0.25, 0.3) is 0 Å². The minimum absolute atomic E-state index is 0.0181. The Hall–Kier alpha value is -2.39. The molecule has 4 nitrogen and oxygen atoms in total. The van der Waals surface area contributed by atoms with Gasteiger partial charge in [0.1, 0.15) is 11.9 Å². The number of anilines is 1. The van der Waals surface area contributed by atoms with Crippen molar-refractivity contribution in [1.29, 1.82) is 5.26 Å². The molecule has 106 valence electrons. The van der Waals surface area contributed by atoms with Crippen LogP contribution in [0.5, 0.6) is 0 Å². The molecule has 2 aromatic rings. The number of benzene rings is 2. The number of nitriles is 1. The summed E-state index contributed by atoms with van der Waals surface area (Å²) in [5.74, 6) is -1.61. The SMILES string of the molecule is N#Cc1cc(Br)ccc1NCc1cc(C(=O)O)ccc1F. The average Bonchev–Trinajstić information content (AvgIpc) is 2.47. The maximum absolute atomic E-state index is 13.7. The van der Waals surface area contributed by atoms with Crippen molar-refractivity contribution in [2.75, 3.05) is 5.32 Å². The molecule has 2 N–H and O–H groups in total. The van der Waals surface area contributed by atoms with Crippen LogP contribution in [-0.2, 0) is 6.54 Å². The van der Waals surface area contributed by atoms with E-state index in [4.69, 9.17) is 10.4 Å². The van der Waals surface area contributed by atoms with Gasteiger partial charge in [-0.2, -0.15) is 5.26 Å². The van der Waals surface area contributed by atoms with Crippen molar-refractivity contribution in [1.82, 2.24) is 0 Å². The van der Waals surface area contributed by atoms with Gasteiger partial charge in [-0.05, 0) is 36.4 Å². The highest BCUT2D eigenvalue weighted by Crippen LogP contribution is 2.21. The first kappa shape index (κ1) is 15.0. The van der Waals surface area contributed by atoms with E-state index >= 15 is 0 Å². The predicted octanol–water partition coefficient (Wildman–Crippen LogP) is 3.77. The van der Waals surface area contributed by atoms with Gasteiger partial charge in [-0.3, -0.25) is 0 Å². The second-order valence-corrected chi connectivity index (χ2v) is 5.18. The van der Waals surface area contributed by atoms with E-state index in [1.165, 1.54) is 12.1 Å². The molecule has 0 atom stereocenters. The van der Waals surface area contributed by atoms with Crippen molar-refractivity contribution >= 4 is 27.6 Å². The number of hydrogen-bond acceptors (Lipinski definition) is 3. The van der Waals surface area contributed by atoms with E-state index in [2.05, 4.69) is 21.2 Å². The minimum atomic E-state index is -1.11. The highest BCUT2D eigenvalue weighted by molar-refractivity contribution is 9.10. The minimum Gasteiger partial charge on any atom is -0.478 e. The molecule has 6 heteroatoms. The van der Waals surface area contributed by atoms with Crippen LogP contribution in [-0.4, -0.2) is 11.1 Å². The molecule has 0 aliphatic heterocycles. The first-order valence-electron chi connectivity index (χ1n) is 5.96. The van der Waals surface area contributed by atoms with E-state index in [9.17, 15) is 9.18 Å². The van der Waals surface area contributed by atoms with Gasteiger partial charge in [0.05, 0.1) is 16.8 Å². The van der Waals surface area contributed by atoms with Gasteiger partial charge in [0, 0.05) is 16.6 Å². The average molecular weight is 349 g/mol. The van der Waals surface area contributed by atoms with Gasteiger partial charge in [0.15, 0.2) is 0 Å². The van der Waals surface area contributed by atoms with E-state index < -0.39 is 11.8 Å². The summed E-state index contributed by atoms with van der Waals surface area (Å²) in [5, 5.41) is 20.9. The summed E-state index contributed by atoms with van der Waals surface area (Å²) in [5.41, 5.74) is 1.21. The Balaban J connectivity index is 2.22. The van der Waals surface area contributed by atoms with E-state index in [1.54, 1.807) is 18.2 Å². The summed E-state index contributed by atoms with van der Waals surface area (Å²) in [6, 6.07) is 10.7. The molecule has 0 unspecified atom stereocenters. The zero-order chi connectivity index (χ0) is 15.4. The third kappa shape index (κ3) is 3.58. The molecular weight excluding hydrogens is 339 g/mol. The topological polar surface area (TPSA) is 73.1 Å². The quantitative estimate of drug-likeness (QED) is 0.881. The van der Waals surface area contributed by atoms with Crippen LogP contribution in [0.2, 0.25) is 0 Å². The Morgan fingerprint density at radius 3 is 2.76 bits per heavy atom. The Bertz CT molecular complexity index is 741. The molecule has 0 heterocycles. The van der Waals surface area contributed by atoms with Crippen LogP contribution in [0.3, 0.4) is 0 Å². The highest BCUT2D eigenvalue weighted by Gasteiger charge is 2.09. The number of nitrogens with zero attached hydrogens (tertiary/aromatic N) is 1. The number of aromatic carboxylic acids is 1. The molecular formula is C15H10BrFN2O2. The molecule has 0 fully saturated rings. The predicted molar refractivity (Wildman–Crippen MR) is 79.5 cm³/mol. The summed E-state index contributed by atoms with van der Waals surface area (Å²) >= 11 is 3.27. The van der Waals surface area contributed by atoms with E-state index in [0.29, 0.717) is 11.3 Å². The first-order chi connectivity index (χ1) is 10.0. The molecule has 0 amide bonds. The molecule has 0 spiro atoms. The Kier molecular flexibility index (Phi) is 4.55. The van der Waals surface area contributed by atoms with Crippen molar-refractivity contribution in [3.8, 4) is 6.07 Å². The van der Waals surface area contributed by atoms with Crippen molar-refractivity contribution in [2.45, 2.75) is 6.54 Å². The molecule has 0 saturated carbocycles. The maximum Gasteiger partial charge on any atom is 0.335 e. The lowest BCUT2D eigenvalue weighted by Crippen LogP contribution is -2.06. The molecule has 0 aliphatic carbocycles. The van der Waals surface area contributed by atoms with Gasteiger partial charge in [0.2, 0.25) is 0 Å². The lowest BCUT2D eigenvalue weighted by atomic mass is 10.1. The number of halogens is 2. The Labute approximate surface area is 129 Å². The summed E-state index contributed by atoms with van der Waals surface area (Å²) in [7, 11) is 0. The standard InChI is InChI=1S/C15H10BrFN2O2/c16-12-2-4-14(10(6-12)7-18)19-8-11-5-9(15(20)21)1-3-13(11)17/h1-6,19H,8H2,(H,20,21). The fourth-order valence-electron chi connectivity index (χ4n) is 1.80. The molecule has 0 aromatic heterocycles. The van der Waals surface area contributed by atoms with E-state index in [1.807, 2.05) is 6.07 Å². The molecule has 2 rings (SSSR count). The fourth-order valence-corrected chi connectivity index (χ4v) is 2.16. The van der Waals surface area contributed by atoms with Crippen LogP contribution in [0, 0.1) is 17.1 Å². The lowest BCUT2D eigenvalue weighted by molar-refractivity contribution is 0.0696. The second-order valence-electron chi connectivity index (χ2n) is 4.27. The van der Waals surface area contributed by atoms with Crippen molar-refractivity contribution < 1.29 is 14.3 Å². The lowest BCUT2D eigenvalue weighted by Gasteiger charge is -2.10. The molecule has 0 aliphatic rings. The first-order valence-corrected chi connectivity index (χ1v) is 6.76. The van der Waals surface area contributed by atoms with Crippen LogP contribution in [0.1, 0.15) is 21.5 Å². The smallest absolute Gasteiger partial charge is 0.335 e. The molecule has 0 saturated heterocycles. The van der Waals surface area contributed by atoms with Gasteiger partial charge in [-0.25, -0.2) is 9.18 Å². The number of hydrogen-bond donors (Lipinski definition) is 2. The van der Waals surface area contributed by atoms with Crippen LogP contribution >= 0.6 is 15.9 Å². The normalized spacial score (nSPS) is 9.95. The molecule has 21 heavy (non-hydrogen) atoms. The monoisotopic (exact) mass is 348 g/mol. The largest absolute Gasteiger partial charge is 0.478 e. The van der Waals surface area contributed by atoms with Crippen LogP contribution in [0.4, 0.5) is 10.1 Å². The second kappa shape index (κ2) is 6.37. The molecule has 0 bridgehead atoms. The molecule has 2 aromatic carbocycles. The third-order valence-corrected chi connectivity index (χ3v) is 3.36. The Morgan fingerprint density at radius 1 is 1.33 bits per heavy atom. The van der Waals surface area contributed by atoms with E-state index in [-0.39, 0.29) is 17.7 Å². The van der Waals surface area contributed by atoms with Gasteiger partial charge in [-0.15, -0.1) is 0 Å². The number of carboxylic acid groups (broad SMARTS) is 1. The highest BCUT2D eigenvalue weighted by atomic mass is 79.9. The summed E-state index contributed by atoms with van der Waals surface area (Å²) in [6.45, 7) is 0.0866. The molecule has 0 radical (unpaired) electrons.